The quantitative estimate of drug-likeness (QED) is 0.647. The molecule has 0 aromatic heterocycles. The van der Waals surface area contributed by atoms with E-state index >= 15 is 0 Å². The number of nitrogen functional groups attached to an aromatic ring is 1. The Morgan fingerprint density at radius 1 is 1.60 bits per heavy atom. The lowest BCUT2D eigenvalue weighted by atomic mass is 10.1. The van der Waals surface area contributed by atoms with Gasteiger partial charge in [0.25, 0.3) is 0 Å². The first-order valence-electron chi connectivity index (χ1n) is 4.40. The molecule has 0 radical (unpaired) electrons. The van der Waals surface area contributed by atoms with Crippen molar-refractivity contribution >= 4 is 27.6 Å². The Labute approximate surface area is 96.2 Å². The minimum atomic E-state index is -0.477. The second-order valence-corrected chi connectivity index (χ2v) is 3.94. The number of anilines is 1. The van der Waals surface area contributed by atoms with Gasteiger partial charge in [-0.15, -0.1) is 0 Å². The average molecular weight is 274 g/mol. The SMILES string of the molecule is Cc1c(N)cc(Br)cc1C(=O)OCCO. The number of esters is 1. The highest BCUT2D eigenvalue weighted by Crippen LogP contribution is 2.23. The molecule has 0 bridgehead atoms. The molecular weight excluding hydrogens is 262 g/mol. The fraction of sp³-hybridized carbons (Fsp3) is 0.300. The maximum atomic E-state index is 11.5. The van der Waals surface area contributed by atoms with Gasteiger partial charge in [0.2, 0.25) is 0 Å². The van der Waals surface area contributed by atoms with Crippen molar-refractivity contribution in [1.82, 2.24) is 0 Å². The lowest BCUT2D eigenvalue weighted by Crippen LogP contribution is -2.11. The summed E-state index contributed by atoms with van der Waals surface area (Å²) in [5.74, 6) is -0.477. The molecule has 0 unspecified atom stereocenters. The van der Waals surface area contributed by atoms with Crippen molar-refractivity contribution in [3.63, 3.8) is 0 Å². The molecule has 4 nitrogen and oxygen atoms in total. The van der Waals surface area contributed by atoms with Crippen LogP contribution in [-0.4, -0.2) is 24.3 Å². The predicted octanol–water partition coefficient (Wildman–Crippen LogP) is 1.49. The number of nitrogens with two attached hydrogens (primary N) is 1. The molecule has 0 saturated heterocycles. The molecular formula is C10H12BrNO3. The maximum absolute atomic E-state index is 11.5. The number of carbonyl (C=O) groups excluding carboxylic acids is 1. The van der Waals surface area contributed by atoms with Gasteiger partial charge in [0.05, 0.1) is 12.2 Å². The van der Waals surface area contributed by atoms with Gasteiger partial charge in [0.15, 0.2) is 0 Å². The summed E-state index contributed by atoms with van der Waals surface area (Å²) in [6.45, 7) is 1.55. The molecule has 1 aromatic carbocycles. The zero-order valence-electron chi connectivity index (χ0n) is 8.29. The van der Waals surface area contributed by atoms with Crippen molar-refractivity contribution in [2.75, 3.05) is 18.9 Å². The summed E-state index contributed by atoms with van der Waals surface area (Å²) < 4.78 is 5.53. The van der Waals surface area contributed by atoms with Gasteiger partial charge in [-0.2, -0.15) is 0 Å². The van der Waals surface area contributed by atoms with Crippen LogP contribution in [0.5, 0.6) is 0 Å². The van der Waals surface area contributed by atoms with Crippen LogP contribution in [0.15, 0.2) is 16.6 Å². The van der Waals surface area contributed by atoms with Crippen LogP contribution in [0.2, 0.25) is 0 Å². The Morgan fingerprint density at radius 3 is 2.87 bits per heavy atom. The normalized spacial score (nSPS) is 10.1. The Hall–Kier alpha value is -1.07. The molecule has 0 heterocycles. The van der Waals surface area contributed by atoms with E-state index in [1.165, 1.54) is 0 Å². The Balaban J connectivity index is 2.98. The second-order valence-electron chi connectivity index (χ2n) is 3.03. The van der Waals surface area contributed by atoms with Gasteiger partial charge >= 0.3 is 5.97 Å². The Bertz CT molecular complexity index is 379. The van der Waals surface area contributed by atoms with E-state index in [0.717, 1.165) is 4.47 Å². The molecule has 0 amide bonds. The third-order valence-electron chi connectivity index (χ3n) is 1.96. The minimum Gasteiger partial charge on any atom is -0.460 e. The van der Waals surface area contributed by atoms with E-state index in [2.05, 4.69) is 15.9 Å². The highest BCUT2D eigenvalue weighted by Gasteiger charge is 2.13. The topological polar surface area (TPSA) is 72.6 Å². The van der Waals surface area contributed by atoms with Crippen LogP contribution in [0.4, 0.5) is 5.69 Å². The molecule has 0 aliphatic carbocycles. The van der Waals surface area contributed by atoms with Crippen LogP contribution in [-0.2, 0) is 4.74 Å². The van der Waals surface area contributed by atoms with Crippen molar-refractivity contribution in [2.24, 2.45) is 0 Å². The minimum absolute atomic E-state index is 0.00923. The van der Waals surface area contributed by atoms with E-state index in [1.54, 1.807) is 19.1 Å². The Morgan fingerprint density at radius 2 is 2.27 bits per heavy atom. The van der Waals surface area contributed by atoms with Crippen molar-refractivity contribution in [3.05, 3.63) is 27.7 Å². The highest BCUT2D eigenvalue weighted by atomic mass is 79.9. The van der Waals surface area contributed by atoms with Gasteiger partial charge in [-0.3, -0.25) is 0 Å². The summed E-state index contributed by atoms with van der Waals surface area (Å²) in [5, 5.41) is 8.53. The van der Waals surface area contributed by atoms with Gasteiger partial charge < -0.3 is 15.6 Å². The van der Waals surface area contributed by atoms with Gasteiger partial charge in [-0.05, 0) is 24.6 Å². The van der Waals surface area contributed by atoms with Crippen LogP contribution < -0.4 is 5.73 Å². The van der Waals surface area contributed by atoms with Crippen molar-refractivity contribution in [2.45, 2.75) is 6.92 Å². The van der Waals surface area contributed by atoms with Gasteiger partial charge in [-0.1, -0.05) is 15.9 Å². The lowest BCUT2D eigenvalue weighted by Gasteiger charge is -2.08. The summed E-state index contributed by atoms with van der Waals surface area (Å²) in [6.07, 6.45) is 0. The Kier molecular flexibility index (Phi) is 4.11. The van der Waals surface area contributed by atoms with Gasteiger partial charge in [0.1, 0.15) is 6.61 Å². The van der Waals surface area contributed by atoms with E-state index in [1.807, 2.05) is 0 Å². The van der Waals surface area contributed by atoms with Gasteiger partial charge in [-0.25, -0.2) is 4.79 Å². The summed E-state index contributed by atoms with van der Waals surface area (Å²) in [6, 6.07) is 3.36. The molecule has 5 heteroatoms. The fourth-order valence-corrected chi connectivity index (χ4v) is 1.60. The van der Waals surface area contributed by atoms with Crippen LogP contribution in [0.1, 0.15) is 15.9 Å². The smallest absolute Gasteiger partial charge is 0.338 e. The molecule has 3 N–H and O–H groups in total. The van der Waals surface area contributed by atoms with Crippen LogP contribution in [0.3, 0.4) is 0 Å². The maximum Gasteiger partial charge on any atom is 0.338 e. The summed E-state index contributed by atoms with van der Waals surface area (Å²) >= 11 is 3.25. The summed E-state index contributed by atoms with van der Waals surface area (Å²) in [7, 11) is 0. The van der Waals surface area contributed by atoms with Crippen LogP contribution in [0, 0.1) is 6.92 Å². The number of hydrogen-bond acceptors (Lipinski definition) is 4. The predicted molar refractivity (Wildman–Crippen MR) is 60.7 cm³/mol. The zero-order chi connectivity index (χ0) is 11.4. The molecule has 15 heavy (non-hydrogen) atoms. The van der Waals surface area contributed by atoms with Crippen molar-refractivity contribution in [3.8, 4) is 0 Å². The first-order valence-corrected chi connectivity index (χ1v) is 5.19. The van der Waals surface area contributed by atoms with Crippen LogP contribution in [0.25, 0.3) is 0 Å². The molecule has 1 aromatic rings. The molecule has 0 atom stereocenters. The van der Waals surface area contributed by atoms with E-state index in [4.69, 9.17) is 15.6 Å². The second kappa shape index (κ2) is 5.14. The van der Waals surface area contributed by atoms with E-state index in [9.17, 15) is 4.79 Å². The molecule has 0 saturated carbocycles. The number of benzene rings is 1. The van der Waals surface area contributed by atoms with Gasteiger partial charge in [0, 0.05) is 10.2 Å². The first kappa shape index (κ1) is 12.0. The lowest BCUT2D eigenvalue weighted by molar-refractivity contribution is 0.0433. The zero-order valence-corrected chi connectivity index (χ0v) is 9.87. The third-order valence-corrected chi connectivity index (χ3v) is 2.41. The molecule has 0 fully saturated rings. The molecule has 0 spiro atoms. The monoisotopic (exact) mass is 273 g/mol. The summed E-state index contributed by atoms with van der Waals surface area (Å²) in [5.41, 5.74) is 7.32. The van der Waals surface area contributed by atoms with E-state index in [-0.39, 0.29) is 13.2 Å². The number of rotatable bonds is 3. The fourth-order valence-electron chi connectivity index (χ4n) is 1.13. The van der Waals surface area contributed by atoms with E-state index in [0.29, 0.717) is 16.8 Å². The molecule has 0 aliphatic rings. The number of halogens is 1. The number of hydrogen-bond donors (Lipinski definition) is 2. The standard InChI is InChI=1S/C10H12BrNO3/c1-6-8(10(14)15-3-2-13)4-7(11)5-9(6)12/h4-5,13H,2-3,12H2,1H3. The number of carbonyl (C=O) groups is 1. The largest absolute Gasteiger partial charge is 0.460 e. The summed E-state index contributed by atoms with van der Waals surface area (Å²) in [4.78, 5) is 11.5. The first-order chi connectivity index (χ1) is 7.06. The third kappa shape index (κ3) is 2.94. The van der Waals surface area contributed by atoms with Crippen LogP contribution >= 0.6 is 15.9 Å². The van der Waals surface area contributed by atoms with Crippen molar-refractivity contribution in [1.29, 1.82) is 0 Å². The average Bonchev–Trinajstić information content (AvgIpc) is 2.19. The molecule has 1 rings (SSSR count). The number of aliphatic hydroxyl groups excluding tert-OH is 1. The highest BCUT2D eigenvalue weighted by molar-refractivity contribution is 9.10. The molecule has 82 valence electrons. The van der Waals surface area contributed by atoms with Crippen molar-refractivity contribution < 1.29 is 14.6 Å². The molecule has 0 aliphatic heterocycles. The van der Waals surface area contributed by atoms with E-state index < -0.39 is 5.97 Å². The number of ether oxygens (including phenoxy) is 1. The number of aliphatic hydroxyl groups is 1.